The van der Waals surface area contributed by atoms with Crippen LogP contribution >= 0.6 is 15.9 Å². The third-order valence-corrected chi connectivity index (χ3v) is 2.31. The van der Waals surface area contributed by atoms with Crippen LogP contribution in [0, 0.1) is 11.6 Å². The minimum absolute atomic E-state index is 0.265. The van der Waals surface area contributed by atoms with E-state index in [9.17, 15) is 18.0 Å². The van der Waals surface area contributed by atoms with Crippen molar-refractivity contribution >= 4 is 21.9 Å². The van der Waals surface area contributed by atoms with E-state index in [0.29, 0.717) is 0 Å². The van der Waals surface area contributed by atoms with Crippen molar-refractivity contribution in [2.45, 2.75) is 12.6 Å². The fraction of sp³-hybridized carbons (Fsp3) is 0.300. The Labute approximate surface area is 103 Å². The maximum atomic E-state index is 13.1. The Morgan fingerprint density at radius 3 is 2.71 bits per heavy atom. The number of ether oxygens (including phenoxy) is 1. The van der Waals surface area contributed by atoms with Gasteiger partial charge in [-0.2, -0.15) is 4.39 Å². The van der Waals surface area contributed by atoms with Gasteiger partial charge >= 0.3 is 5.97 Å². The normalized spacial score (nSPS) is 12.2. The molecular weight excluding hydrogens is 305 g/mol. The van der Waals surface area contributed by atoms with Crippen LogP contribution in [0.3, 0.4) is 0 Å². The molecule has 1 aromatic rings. The highest BCUT2D eigenvalue weighted by molar-refractivity contribution is 9.10. The highest BCUT2D eigenvalue weighted by atomic mass is 79.9. The van der Waals surface area contributed by atoms with Gasteiger partial charge in [0.1, 0.15) is 0 Å². The molecule has 0 aliphatic rings. The maximum absolute atomic E-state index is 13.1. The van der Waals surface area contributed by atoms with Crippen molar-refractivity contribution in [2.24, 2.45) is 0 Å². The zero-order chi connectivity index (χ0) is 13.0. The van der Waals surface area contributed by atoms with Crippen LogP contribution in [0.25, 0.3) is 0 Å². The molecule has 0 aliphatic heterocycles. The summed E-state index contributed by atoms with van der Waals surface area (Å²) >= 11 is 2.94. The van der Waals surface area contributed by atoms with Gasteiger partial charge in [-0.15, -0.1) is 0 Å². The van der Waals surface area contributed by atoms with E-state index in [1.165, 1.54) is 6.07 Å². The molecule has 0 saturated heterocycles. The molecule has 0 spiro atoms. The van der Waals surface area contributed by atoms with Crippen molar-refractivity contribution in [2.75, 3.05) is 6.61 Å². The van der Waals surface area contributed by atoms with Gasteiger partial charge in [-0.25, -0.2) is 13.6 Å². The number of hydrogen-bond donors (Lipinski definition) is 1. The van der Waals surface area contributed by atoms with Crippen molar-refractivity contribution in [3.8, 4) is 5.75 Å². The lowest BCUT2D eigenvalue weighted by atomic mass is 10.3. The average Bonchev–Trinajstić information content (AvgIpc) is 2.24. The zero-order valence-corrected chi connectivity index (χ0v) is 10.0. The van der Waals surface area contributed by atoms with Crippen molar-refractivity contribution in [3.63, 3.8) is 0 Å². The highest BCUT2D eigenvalue weighted by Crippen LogP contribution is 2.25. The number of halogens is 4. The van der Waals surface area contributed by atoms with Gasteiger partial charge in [-0.05, 0) is 12.1 Å². The Hall–Kier alpha value is -1.24. The predicted octanol–water partition coefficient (Wildman–Crippen LogP) is 2.92. The molecule has 0 aromatic heterocycles. The first kappa shape index (κ1) is 13.8. The molecule has 1 atom stereocenters. The molecule has 0 radical (unpaired) electrons. The second-order valence-corrected chi connectivity index (χ2v) is 4.06. The second kappa shape index (κ2) is 5.90. The number of benzene rings is 1. The fourth-order valence-electron chi connectivity index (χ4n) is 1.03. The monoisotopic (exact) mass is 312 g/mol. The van der Waals surface area contributed by atoms with E-state index in [1.807, 2.05) is 0 Å². The van der Waals surface area contributed by atoms with Gasteiger partial charge in [0.2, 0.25) is 5.82 Å². The summed E-state index contributed by atoms with van der Waals surface area (Å²) in [6, 6.07) is 2.09. The van der Waals surface area contributed by atoms with Crippen LogP contribution < -0.4 is 4.74 Å². The van der Waals surface area contributed by atoms with E-state index in [4.69, 9.17) is 9.84 Å². The van der Waals surface area contributed by atoms with Gasteiger partial charge in [-0.3, -0.25) is 0 Å². The lowest BCUT2D eigenvalue weighted by molar-refractivity contribution is -0.143. The number of carboxylic acid groups (broad SMARTS) is 1. The van der Waals surface area contributed by atoms with Gasteiger partial charge < -0.3 is 9.84 Å². The van der Waals surface area contributed by atoms with Crippen molar-refractivity contribution in [1.82, 2.24) is 0 Å². The summed E-state index contributed by atoms with van der Waals surface area (Å²) in [6.07, 6.45) is -2.53. The number of carbonyl (C=O) groups is 1. The summed E-state index contributed by atoms with van der Waals surface area (Å²) in [5, 5.41) is 8.25. The molecule has 0 heterocycles. The quantitative estimate of drug-likeness (QED) is 0.850. The van der Waals surface area contributed by atoms with E-state index in [0.717, 1.165) is 6.07 Å². The molecule has 3 nitrogen and oxygen atoms in total. The maximum Gasteiger partial charge on any atom is 0.338 e. The lowest BCUT2D eigenvalue weighted by Crippen LogP contribution is -2.17. The zero-order valence-electron chi connectivity index (χ0n) is 8.42. The summed E-state index contributed by atoms with van der Waals surface area (Å²) < 4.78 is 43.7. The van der Waals surface area contributed by atoms with E-state index >= 15 is 0 Å². The summed E-state index contributed by atoms with van der Waals surface area (Å²) in [6.45, 7) is -0.361. The van der Waals surface area contributed by atoms with E-state index in [1.54, 1.807) is 0 Å². The first-order valence-electron chi connectivity index (χ1n) is 4.56. The molecule has 0 aliphatic carbocycles. The molecule has 1 N–H and O–H groups in total. The highest BCUT2D eigenvalue weighted by Gasteiger charge is 2.16. The SMILES string of the molecule is O=C(O)C(F)CCOc1cc(Br)cc(F)c1F. The number of carboxylic acids is 1. The molecule has 7 heteroatoms. The van der Waals surface area contributed by atoms with Gasteiger partial charge in [0.25, 0.3) is 0 Å². The Morgan fingerprint density at radius 1 is 1.47 bits per heavy atom. The lowest BCUT2D eigenvalue weighted by Gasteiger charge is -2.08. The largest absolute Gasteiger partial charge is 0.490 e. The minimum atomic E-state index is -2.09. The standard InChI is InChI=1S/C10H8BrF3O3/c11-5-3-7(13)9(14)8(4-5)17-2-1-6(12)10(15)16/h3-4,6H,1-2H2,(H,15,16). The molecule has 0 bridgehead atoms. The summed E-state index contributed by atoms with van der Waals surface area (Å²) in [7, 11) is 0. The van der Waals surface area contributed by atoms with Crippen LogP contribution in [-0.2, 0) is 4.79 Å². The first-order chi connectivity index (χ1) is 7.91. The first-order valence-corrected chi connectivity index (χ1v) is 5.35. The third-order valence-electron chi connectivity index (χ3n) is 1.86. The third kappa shape index (κ3) is 3.92. The fourth-order valence-corrected chi connectivity index (χ4v) is 1.44. The van der Waals surface area contributed by atoms with Crippen LogP contribution in [0.4, 0.5) is 13.2 Å². The number of alkyl halides is 1. The topological polar surface area (TPSA) is 46.5 Å². The Balaban J connectivity index is 2.61. The average molecular weight is 313 g/mol. The smallest absolute Gasteiger partial charge is 0.338 e. The molecule has 0 amide bonds. The minimum Gasteiger partial charge on any atom is -0.490 e. The van der Waals surface area contributed by atoms with Crippen LogP contribution in [0.5, 0.6) is 5.75 Å². The van der Waals surface area contributed by atoms with Crippen molar-refractivity contribution in [1.29, 1.82) is 0 Å². The van der Waals surface area contributed by atoms with E-state index in [-0.39, 0.29) is 11.1 Å². The Kier molecular flexibility index (Phi) is 4.80. The van der Waals surface area contributed by atoms with Gasteiger partial charge in [0.15, 0.2) is 17.7 Å². The van der Waals surface area contributed by atoms with Crippen LogP contribution in [0.1, 0.15) is 6.42 Å². The second-order valence-electron chi connectivity index (χ2n) is 3.14. The van der Waals surface area contributed by atoms with Gasteiger partial charge in [0, 0.05) is 10.9 Å². The van der Waals surface area contributed by atoms with Crippen LogP contribution in [0.2, 0.25) is 0 Å². The van der Waals surface area contributed by atoms with Gasteiger partial charge in [0.05, 0.1) is 6.61 Å². The molecule has 1 aromatic carbocycles. The molecule has 0 saturated carbocycles. The molecule has 17 heavy (non-hydrogen) atoms. The Bertz CT molecular complexity index is 426. The molecule has 0 fully saturated rings. The number of aliphatic carboxylic acids is 1. The number of rotatable bonds is 5. The van der Waals surface area contributed by atoms with E-state index in [2.05, 4.69) is 15.9 Å². The Morgan fingerprint density at radius 2 is 2.12 bits per heavy atom. The summed E-state index contributed by atoms with van der Waals surface area (Å²) in [5.74, 6) is -4.31. The van der Waals surface area contributed by atoms with E-state index < -0.39 is 35.9 Å². The van der Waals surface area contributed by atoms with Crippen LogP contribution in [0.15, 0.2) is 16.6 Å². The molecule has 94 valence electrons. The number of hydrogen-bond acceptors (Lipinski definition) is 2. The van der Waals surface area contributed by atoms with Crippen LogP contribution in [-0.4, -0.2) is 23.9 Å². The molecule has 1 rings (SSSR count). The van der Waals surface area contributed by atoms with Gasteiger partial charge in [-0.1, -0.05) is 15.9 Å². The van der Waals surface area contributed by atoms with Crippen molar-refractivity contribution in [3.05, 3.63) is 28.2 Å². The summed E-state index contributed by atoms with van der Waals surface area (Å²) in [5.41, 5.74) is 0. The summed E-state index contributed by atoms with van der Waals surface area (Å²) in [4.78, 5) is 10.1. The predicted molar refractivity (Wildman–Crippen MR) is 56.7 cm³/mol. The van der Waals surface area contributed by atoms with Crippen molar-refractivity contribution < 1.29 is 27.8 Å². The molecule has 1 unspecified atom stereocenters. The molecular formula is C10H8BrF3O3.